The lowest BCUT2D eigenvalue weighted by Crippen LogP contribution is -2.00. The average Bonchev–Trinajstić information content (AvgIpc) is 2.52. The molecule has 0 aromatic carbocycles. The van der Waals surface area contributed by atoms with E-state index in [2.05, 4.69) is 31.4 Å². The highest BCUT2D eigenvalue weighted by Gasteiger charge is 2.11. The van der Waals surface area contributed by atoms with Crippen LogP contribution in [-0.4, -0.2) is 5.78 Å². The van der Waals surface area contributed by atoms with Crippen LogP contribution in [0.25, 0.3) is 0 Å². The maximum absolute atomic E-state index is 11.1. The van der Waals surface area contributed by atoms with Crippen molar-refractivity contribution in [1.82, 2.24) is 0 Å². The molecule has 14 heavy (non-hydrogen) atoms. The fourth-order valence-corrected chi connectivity index (χ4v) is 2.25. The second-order valence-electron chi connectivity index (χ2n) is 3.77. The maximum Gasteiger partial charge on any atom is 0.130 e. The number of rotatable bonds is 4. The van der Waals surface area contributed by atoms with Crippen LogP contribution >= 0.6 is 11.3 Å². The molecule has 1 rings (SSSR count). The van der Waals surface area contributed by atoms with E-state index >= 15 is 0 Å². The quantitative estimate of drug-likeness (QED) is 0.688. The van der Waals surface area contributed by atoms with Gasteiger partial charge in [0.2, 0.25) is 0 Å². The number of hydrogen-bond acceptors (Lipinski definition) is 2. The van der Waals surface area contributed by atoms with Gasteiger partial charge < -0.3 is 0 Å². The Bertz CT molecular complexity index is 318. The largest absolute Gasteiger partial charge is 0.300 e. The van der Waals surface area contributed by atoms with Crippen LogP contribution in [0.2, 0.25) is 0 Å². The van der Waals surface area contributed by atoms with E-state index in [0.29, 0.717) is 6.42 Å². The third-order valence-corrected chi connectivity index (χ3v) is 2.95. The Morgan fingerprint density at radius 3 is 2.64 bits per heavy atom. The zero-order chi connectivity index (χ0) is 10.6. The Balaban J connectivity index is 2.83. The van der Waals surface area contributed by atoms with E-state index in [1.807, 2.05) is 6.07 Å². The van der Waals surface area contributed by atoms with E-state index in [9.17, 15) is 4.79 Å². The summed E-state index contributed by atoms with van der Waals surface area (Å²) in [5.74, 6) is 0.526. The molecule has 0 aliphatic heterocycles. The molecule has 1 aromatic heterocycles. The molecule has 1 heterocycles. The number of carbonyl (C=O) groups excluding carboxylic acids is 1. The molecule has 1 aromatic rings. The van der Waals surface area contributed by atoms with E-state index in [1.54, 1.807) is 18.3 Å². The summed E-state index contributed by atoms with van der Waals surface area (Å²) in [6.45, 7) is 5.79. The number of carbonyl (C=O) groups is 1. The van der Waals surface area contributed by atoms with Crippen LogP contribution in [-0.2, 0) is 4.79 Å². The van der Waals surface area contributed by atoms with Crippen molar-refractivity contribution < 1.29 is 4.79 Å². The Labute approximate surface area is 89.5 Å². The molecule has 1 nitrogen and oxygen atoms in total. The summed E-state index contributed by atoms with van der Waals surface area (Å²) in [7, 11) is 0. The molecule has 0 fully saturated rings. The topological polar surface area (TPSA) is 17.1 Å². The van der Waals surface area contributed by atoms with Crippen LogP contribution in [0, 0.1) is 0 Å². The molecule has 0 saturated heterocycles. The van der Waals surface area contributed by atoms with Gasteiger partial charge in [-0.25, -0.2) is 0 Å². The highest BCUT2D eigenvalue weighted by atomic mass is 32.1. The summed E-state index contributed by atoms with van der Waals surface area (Å²) < 4.78 is 0. The Kier molecular flexibility index (Phi) is 4.08. The Morgan fingerprint density at radius 1 is 1.50 bits per heavy atom. The molecule has 0 spiro atoms. The SMILES string of the molecule is CC(=O)C[C@@H](C=C(C)C)c1cccs1. The van der Waals surface area contributed by atoms with Crippen molar-refractivity contribution in [3.8, 4) is 0 Å². The van der Waals surface area contributed by atoms with E-state index in [4.69, 9.17) is 0 Å². The van der Waals surface area contributed by atoms with Crippen molar-refractivity contribution in [3.63, 3.8) is 0 Å². The second kappa shape index (κ2) is 5.11. The Morgan fingerprint density at radius 2 is 2.21 bits per heavy atom. The maximum atomic E-state index is 11.1. The first kappa shape index (κ1) is 11.2. The van der Waals surface area contributed by atoms with E-state index < -0.39 is 0 Å². The summed E-state index contributed by atoms with van der Waals surface area (Å²) in [5.41, 5.74) is 1.27. The molecule has 0 N–H and O–H groups in total. The van der Waals surface area contributed by atoms with Gasteiger partial charge in [-0.15, -0.1) is 11.3 Å². The minimum atomic E-state index is 0.251. The molecule has 0 radical (unpaired) electrons. The van der Waals surface area contributed by atoms with E-state index in [-0.39, 0.29) is 11.7 Å². The Hall–Kier alpha value is -0.890. The molecule has 0 aliphatic rings. The number of allylic oxidation sites excluding steroid dienone is 2. The van der Waals surface area contributed by atoms with Gasteiger partial charge in [0.15, 0.2) is 0 Å². The van der Waals surface area contributed by atoms with Crippen LogP contribution in [0.5, 0.6) is 0 Å². The molecule has 0 bridgehead atoms. The minimum absolute atomic E-state index is 0.251. The first-order valence-corrected chi connectivity index (χ1v) is 5.65. The molecular weight excluding hydrogens is 192 g/mol. The van der Waals surface area contributed by atoms with Crippen molar-refractivity contribution in [2.75, 3.05) is 0 Å². The number of ketones is 1. The third kappa shape index (κ3) is 3.46. The highest BCUT2D eigenvalue weighted by molar-refractivity contribution is 7.10. The summed E-state index contributed by atoms with van der Waals surface area (Å²) in [6, 6.07) is 4.13. The van der Waals surface area contributed by atoms with Gasteiger partial charge in [-0.05, 0) is 32.2 Å². The normalized spacial score (nSPS) is 12.2. The number of thiophene rings is 1. The summed E-state index contributed by atoms with van der Waals surface area (Å²) in [4.78, 5) is 12.4. The van der Waals surface area contributed by atoms with Gasteiger partial charge in [-0.1, -0.05) is 17.7 Å². The van der Waals surface area contributed by atoms with E-state index in [0.717, 1.165) is 0 Å². The lowest BCUT2D eigenvalue weighted by Gasteiger charge is -2.09. The molecule has 0 aliphatic carbocycles. The van der Waals surface area contributed by atoms with Crippen molar-refractivity contribution in [3.05, 3.63) is 34.0 Å². The van der Waals surface area contributed by atoms with Gasteiger partial charge in [0, 0.05) is 17.2 Å². The number of Topliss-reactive ketones (excluding diaryl/α,β-unsaturated/α-hetero) is 1. The fraction of sp³-hybridized carbons (Fsp3) is 0.417. The van der Waals surface area contributed by atoms with Crippen LogP contribution in [0.15, 0.2) is 29.2 Å². The standard InChI is InChI=1S/C12H16OS/c1-9(2)7-11(8-10(3)13)12-5-4-6-14-12/h4-7,11H,8H2,1-3H3/t11-/m1/s1. The van der Waals surface area contributed by atoms with Crippen LogP contribution < -0.4 is 0 Å². The highest BCUT2D eigenvalue weighted by Crippen LogP contribution is 2.26. The second-order valence-corrected chi connectivity index (χ2v) is 4.75. The van der Waals surface area contributed by atoms with Gasteiger partial charge in [0.05, 0.1) is 0 Å². The molecule has 0 saturated carbocycles. The molecule has 1 atom stereocenters. The van der Waals surface area contributed by atoms with Gasteiger partial charge in [0.1, 0.15) is 5.78 Å². The van der Waals surface area contributed by atoms with Crippen molar-refractivity contribution in [2.24, 2.45) is 0 Å². The molecular formula is C12H16OS. The van der Waals surface area contributed by atoms with Crippen LogP contribution in [0.3, 0.4) is 0 Å². The lowest BCUT2D eigenvalue weighted by atomic mass is 9.99. The zero-order valence-corrected chi connectivity index (χ0v) is 9.73. The monoisotopic (exact) mass is 208 g/mol. The minimum Gasteiger partial charge on any atom is -0.300 e. The van der Waals surface area contributed by atoms with Gasteiger partial charge in [0.25, 0.3) is 0 Å². The van der Waals surface area contributed by atoms with Gasteiger partial charge in [-0.2, -0.15) is 0 Å². The van der Waals surface area contributed by atoms with E-state index in [1.165, 1.54) is 10.5 Å². The first-order chi connectivity index (χ1) is 6.59. The van der Waals surface area contributed by atoms with Crippen LogP contribution in [0.1, 0.15) is 38.0 Å². The summed E-state index contributed by atoms with van der Waals surface area (Å²) in [5, 5.41) is 2.06. The van der Waals surface area contributed by atoms with Gasteiger partial charge in [-0.3, -0.25) is 4.79 Å². The predicted octanol–water partition coefficient (Wildman–Crippen LogP) is 3.78. The number of hydrogen-bond donors (Lipinski definition) is 0. The average molecular weight is 208 g/mol. The van der Waals surface area contributed by atoms with Crippen LogP contribution in [0.4, 0.5) is 0 Å². The van der Waals surface area contributed by atoms with Crippen molar-refractivity contribution in [2.45, 2.75) is 33.1 Å². The predicted molar refractivity (Wildman–Crippen MR) is 61.8 cm³/mol. The third-order valence-electron chi connectivity index (χ3n) is 1.95. The van der Waals surface area contributed by atoms with Gasteiger partial charge >= 0.3 is 0 Å². The molecule has 2 heteroatoms. The fourth-order valence-electron chi connectivity index (χ4n) is 1.46. The zero-order valence-electron chi connectivity index (χ0n) is 8.91. The summed E-state index contributed by atoms with van der Waals surface area (Å²) in [6.07, 6.45) is 2.79. The molecule has 76 valence electrons. The molecule has 0 amide bonds. The first-order valence-electron chi connectivity index (χ1n) is 4.77. The van der Waals surface area contributed by atoms with Crippen molar-refractivity contribution >= 4 is 17.1 Å². The molecule has 0 unspecified atom stereocenters. The smallest absolute Gasteiger partial charge is 0.130 e. The lowest BCUT2D eigenvalue weighted by molar-refractivity contribution is -0.117. The van der Waals surface area contributed by atoms with Crippen molar-refractivity contribution in [1.29, 1.82) is 0 Å². The summed E-state index contributed by atoms with van der Waals surface area (Å²) >= 11 is 1.72.